The number of fused-ring (bicyclic) bond motifs is 3. The van der Waals surface area contributed by atoms with Gasteiger partial charge in [0.1, 0.15) is 0 Å². The highest BCUT2D eigenvalue weighted by atomic mass is 15.1. The predicted molar refractivity (Wildman–Crippen MR) is 76.1 cm³/mol. The largest absolute Gasteiger partial charge is 0.364 e. The van der Waals surface area contributed by atoms with Crippen LogP contribution >= 0.6 is 0 Å². The molecule has 3 aromatic rings. The molecule has 0 atom stereocenters. The zero-order valence-electron chi connectivity index (χ0n) is 10.9. The minimum Gasteiger partial charge on any atom is -0.364 e. The Labute approximate surface area is 106 Å². The van der Waals surface area contributed by atoms with E-state index < -0.39 is 0 Å². The molecule has 2 aromatic heterocycles. The number of nitrogens with one attached hydrogen (secondary N) is 1. The average Bonchev–Trinajstić information content (AvgIpc) is 2.76. The summed E-state index contributed by atoms with van der Waals surface area (Å²) in [7, 11) is 0. The van der Waals surface area contributed by atoms with E-state index in [9.17, 15) is 0 Å². The Balaban J connectivity index is 2.32. The van der Waals surface area contributed by atoms with Crippen LogP contribution in [0.15, 0.2) is 42.6 Å². The minimum absolute atomic E-state index is 0.000215. The van der Waals surface area contributed by atoms with Crippen molar-refractivity contribution >= 4 is 22.4 Å². The molecule has 0 aliphatic heterocycles. The van der Waals surface area contributed by atoms with Crippen LogP contribution in [0.5, 0.6) is 0 Å². The van der Waals surface area contributed by atoms with Crippen molar-refractivity contribution in [2.45, 2.75) is 26.3 Å². The van der Waals surface area contributed by atoms with Gasteiger partial charge in [-0.1, -0.05) is 12.1 Å². The van der Waals surface area contributed by atoms with Gasteiger partial charge in [0.05, 0.1) is 16.6 Å². The molecule has 0 saturated heterocycles. The zero-order valence-corrected chi connectivity index (χ0v) is 10.9. The molecule has 92 valence electrons. The van der Waals surface area contributed by atoms with Crippen LogP contribution in [0.4, 0.5) is 5.82 Å². The molecule has 0 aliphatic rings. The van der Waals surface area contributed by atoms with Gasteiger partial charge in [0.15, 0.2) is 5.82 Å². The van der Waals surface area contributed by atoms with Crippen molar-refractivity contribution in [2.75, 3.05) is 5.32 Å². The Morgan fingerprint density at radius 1 is 1.00 bits per heavy atom. The molecule has 0 radical (unpaired) electrons. The molecule has 3 rings (SSSR count). The van der Waals surface area contributed by atoms with Gasteiger partial charge in [-0.25, -0.2) is 4.98 Å². The molecule has 0 aliphatic carbocycles. The molecule has 2 heterocycles. The van der Waals surface area contributed by atoms with Crippen LogP contribution in [0.1, 0.15) is 20.8 Å². The molecule has 0 unspecified atom stereocenters. The number of nitrogens with zero attached hydrogens (tertiary/aromatic N) is 2. The summed E-state index contributed by atoms with van der Waals surface area (Å²) in [4.78, 5) is 4.73. The topological polar surface area (TPSA) is 29.3 Å². The van der Waals surface area contributed by atoms with Gasteiger partial charge in [-0.15, -0.1) is 0 Å². The van der Waals surface area contributed by atoms with Crippen molar-refractivity contribution in [3.8, 4) is 0 Å². The van der Waals surface area contributed by atoms with Crippen LogP contribution < -0.4 is 5.32 Å². The van der Waals surface area contributed by atoms with Gasteiger partial charge in [-0.05, 0) is 45.0 Å². The van der Waals surface area contributed by atoms with E-state index in [0.717, 1.165) is 22.4 Å². The third-order valence-corrected chi connectivity index (χ3v) is 2.86. The van der Waals surface area contributed by atoms with Crippen LogP contribution in [0.2, 0.25) is 0 Å². The van der Waals surface area contributed by atoms with E-state index in [1.54, 1.807) is 0 Å². The maximum atomic E-state index is 4.73. The fourth-order valence-electron chi connectivity index (χ4n) is 2.17. The maximum absolute atomic E-state index is 4.73. The first-order valence-corrected chi connectivity index (χ1v) is 6.19. The molecule has 0 amide bonds. The highest BCUT2D eigenvalue weighted by Gasteiger charge is 2.14. The van der Waals surface area contributed by atoms with Crippen LogP contribution in [0, 0.1) is 0 Å². The Bertz CT molecular complexity index is 704. The second-order valence-corrected chi connectivity index (χ2v) is 5.59. The standard InChI is InChI=1S/C15H17N3/c1-15(2,3)17-14-13-9-6-10-18(13)12-8-5-4-7-11(12)16-14/h4-10H,1-3H3,(H,16,17). The summed E-state index contributed by atoms with van der Waals surface area (Å²) in [6.07, 6.45) is 2.08. The molecule has 0 spiro atoms. The van der Waals surface area contributed by atoms with E-state index in [-0.39, 0.29) is 5.54 Å². The lowest BCUT2D eigenvalue weighted by atomic mass is 10.1. The summed E-state index contributed by atoms with van der Waals surface area (Å²) >= 11 is 0. The van der Waals surface area contributed by atoms with E-state index in [0.29, 0.717) is 0 Å². The number of para-hydroxylation sites is 2. The van der Waals surface area contributed by atoms with Gasteiger partial charge < -0.3 is 9.72 Å². The van der Waals surface area contributed by atoms with Crippen LogP contribution in [-0.4, -0.2) is 14.9 Å². The number of rotatable bonds is 1. The Morgan fingerprint density at radius 2 is 1.72 bits per heavy atom. The number of benzene rings is 1. The van der Waals surface area contributed by atoms with Crippen molar-refractivity contribution in [1.82, 2.24) is 9.38 Å². The number of hydrogen-bond donors (Lipinski definition) is 1. The van der Waals surface area contributed by atoms with Crippen molar-refractivity contribution in [1.29, 1.82) is 0 Å². The molecule has 0 bridgehead atoms. The molecular weight excluding hydrogens is 222 g/mol. The monoisotopic (exact) mass is 239 g/mol. The van der Waals surface area contributed by atoms with E-state index in [1.165, 1.54) is 0 Å². The van der Waals surface area contributed by atoms with E-state index >= 15 is 0 Å². The molecular formula is C15H17N3. The number of aromatic nitrogens is 2. The third-order valence-electron chi connectivity index (χ3n) is 2.86. The van der Waals surface area contributed by atoms with Gasteiger partial charge >= 0.3 is 0 Å². The minimum atomic E-state index is 0.000215. The SMILES string of the molecule is CC(C)(C)Nc1nc2ccccc2n2cccc12. The first kappa shape index (κ1) is 11.1. The number of anilines is 1. The predicted octanol–water partition coefficient (Wildman–Crippen LogP) is 3.70. The van der Waals surface area contributed by atoms with E-state index in [4.69, 9.17) is 4.98 Å². The summed E-state index contributed by atoms with van der Waals surface area (Å²) in [5, 5.41) is 3.47. The van der Waals surface area contributed by atoms with Gasteiger partial charge in [0.2, 0.25) is 0 Å². The quantitative estimate of drug-likeness (QED) is 0.701. The summed E-state index contributed by atoms with van der Waals surface area (Å²) in [5.41, 5.74) is 3.26. The van der Waals surface area contributed by atoms with Gasteiger partial charge in [-0.2, -0.15) is 0 Å². The fraction of sp³-hybridized carbons (Fsp3) is 0.267. The molecule has 1 N–H and O–H groups in total. The first-order chi connectivity index (χ1) is 8.54. The molecule has 3 heteroatoms. The Kier molecular flexibility index (Phi) is 2.30. The molecule has 0 saturated carbocycles. The summed E-state index contributed by atoms with van der Waals surface area (Å²) in [5.74, 6) is 0.936. The molecule has 18 heavy (non-hydrogen) atoms. The zero-order chi connectivity index (χ0) is 12.8. The second kappa shape index (κ2) is 3.73. The first-order valence-electron chi connectivity index (χ1n) is 6.19. The van der Waals surface area contributed by atoms with Crippen molar-refractivity contribution < 1.29 is 0 Å². The average molecular weight is 239 g/mol. The van der Waals surface area contributed by atoms with E-state index in [2.05, 4.69) is 54.9 Å². The van der Waals surface area contributed by atoms with Crippen LogP contribution in [0.3, 0.4) is 0 Å². The number of hydrogen-bond acceptors (Lipinski definition) is 2. The van der Waals surface area contributed by atoms with Gasteiger partial charge in [0, 0.05) is 11.7 Å². The Morgan fingerprint density at radius 3 is 2.50 bits per heavy atom. The van der Waals surface area contributed by atoms with Crippen molar-refractivity contribution in [3.63, 3.8) is 0 Å². The van der Waals surface area contributed by atoms with Crippen LogP contribution in [-0.2, 0) is 0 Å². The lowest BCUT2D eigenvalue weighted by Gasteiger charge is -2.22. The normalized spacial score (nSPS) is 12.2. The summed E-state index contributed by atoms with van der Waals surface area (Å²) < 4.78 is 2.18. The highest BCUT2D eigenvalue weighted by Crippen LogP contribution is 2.24. The highest BCUT2D eigenvalue weighted by molar-refractivity contribution is 5.84. The Hall–Kier alpha value is -2.03. The fourth-order valence-corrected chi connectivity index (χ4v) is 2.17. The second-order valence-electron chi connectivity index (χ2n) is 5.59. The van der Waals surface area contributed by atoms with E-state index in [1.807, 2.05) is 18.2 Å². The van der Waals surface area contributed by atoms with Gasteiger partial charge in [0.25, 0.3) is 0 Å². The molecule has 3 nitrogen and oxygen atoms in total. The van der Waals surface area contributed by atoms with Crippen molar-refractivity contribution in [3.05, 3.63) is 42.6 Å². The summed E-state index contributed by atoms with van der Waals surface area (Å²) in [6.45, 7) is 6.43. The van der Waals surface area contributed by atoms with Gasteiger partial charge in [-0.3, -0.25) is 0 Å². The van der Waals surface area contributed by atoms with Crippen LogP contribution in [0.25, 0.3) is 16.6 Å². The lowest BCUT2D eigenvalue weighted by Crippen LogP contribution is -2.27. The smallest absolute Gasteiger partial charge is 0.151 e. The maximum Gasteiger partial charge on any atom is 0.151 e. The molecule has 1 aromatic carbocycles. The molecule has 0 fully saturated rings. The summed E-state index contributed by atoms with van der Waals surface area (Å²) in [6, 6.07) is 12.3. The lowest BCUT2D eigenvalue weighted by molar-refractivity contribution is 0.631. The van der Waals surface area contributed by atoms with Crippen molar-refractivity contribution in [2.24, 2.45) is 0 Å². The third kappa shape index (κ3) is 1.82.